The lowest BCUT2D eigenvalue weighted by Crippen LogP contribution is -2.08. The number of hydrogen-bond acceptors (Lipinski definition) is 6. The summed E-state index contributed by atoms with van der Waals surface area (Å²) >= 11 is 1.39. The van der Waals surface area contributed by atoms with Crippen molar-refractivity contribution in [2.75, 3.05) is 5.32 Å². The van der Waals surface area contributed by atoms with E-state index < -0.39 is 11.6 Å². The van der Waals surface area contributed by atoms with Crippen LogP contribution in [0.15, 0.2) is 57.7 Å². The molecule has 0 fully saturated rings. The summed E-state index contributed by atoms with van der Waals surface area (Å²) in [4.78, 5) is 36.4. The van der Waals surface area contributed by atoms with Crippen LogP contribution in [0.1, 0.15) is 27.7 Å². The zero-order chi connectivity index (χ0) is 20.5. The maximum absolute atomic E-state index is 12.6. The van der Waals surface area contributed by atoms with Gasteiger partial charge in [0.25, 0.3) is 0 Å². The summed E-state index contributed by atoms with van der Waals surface area (Å²) in [7, 11) is 0. The van der Waals surface area contributed by atoms with Crippen LogP contribution >= 0.6 is 11.3 Å². The Labute approximate surface area is 169 Å². The minimum absolute atomic E-state index is 0.0614. The number of rotatable bonds is 4. The van der Waals surface area contributed by atoms with E-state index in [-0.39, 0.29) is 12.5 Å². The fourth-order valence-corrected chi connectivity index (χ4v) is 4.31. The van der Waals surface area contributed by atoms with Crippen molar-refractivity contribution < 1.29 is 18.7 Å². The molecule has 4 rings (SSSR count). The van der Waals surface area contributed by atoms with Gasteiger partial charge in [0, 0.05) is 40.4 Å². The van der Waals surface area contributed by atoms with Crippen LogP contribution in [0.25, 0.3) is 21.1 Å². The first-order chi connectivity index (χ1) is 13.9. The van der Waals surface area contributed by atoms with Gasteiger partial charge in [0.2, 0.25) is 5.91 Å². The minimum atomic E-state index is -0.554. The van der Waals surface area contributed by atoms with Crippen molar-refractivity contribution in [2.24, 2.45) is 0 Å². The van der Waals surface area contributed by atoms with Crippen molar-refractivity contribution in [2.45, 2.75) is 20.5 Å². The zero-order valence-electron chi connectivity index (χ0n) is 15.8. The number of benzene rings is 2. The van der Waals surface area contributed by atoms with Crippen molar-refractivity contribution in [3.63, 3.8) is 0 Å². The van der Waals surface area contributed by atoms with Crippen LogP contribution in [-0.2, 0) is 16.1 Å². The van der Waals surface area contributed by atoms with Crippen molar-refractivity contribution in [3.05, 3.63) is 75.0 Å². The fourth-order valence-electron chi connectivity index (χ4n) is 3.21. The molecule has 29 heavy (non-hydrogen) atoms. The second kappa shape index (κ2) is 7.52. The third-order valence-corrected chi connectivity index (χ3v) is 5.79. The number of amides is 1. The molecule has 146 valence electrons. The molecule has 0 atom stereocenters. The summed E-state index contributed by atoms with van der Waals surface area (Å²) in [5, 5.41) is 4.31. The van der Waals surface area contributed by atoms with E-state index in [0.29, 0.717) is 27.1 Å². The Bertz CT molecular complexity index is 1320. The second-order valence-corrected chi connectivity index (χ2v) is 7.66. The number of ether oxygens (including phenoxy) is 1. The molecule has 0 unspecified atom stereocenters. The summed E-state index contributed by atoms with van der Waals surface area (Å²) < 4.78 is 11.8. The molecule has 1 N–H and O–H groups in total. The van der Waals surface area contributed by atoms with Crippen molar-refractivity contribution in [1.29, 1.82) is 0 Å². The average molecular weight is 407 g/mol. The molecule has 6 nitrogen and oxygen atoms in total. The largest absolute Gasteiger partial charge is 0.457 e. The lowest BCUT2D eigenvalue weighted by Gasteiger charge is -2.08. The Hall–Kier alpha value is -3.45. The van der Waals surface area contributed by atoms with Gasteiger partial charge in [0.05, 0.1) is 0 Å². The van der Waals surface area contributed by atoms with Crippen LogP contribution < -0.4 is 10.9 Å². The van der Waals surface area contributed by atoms with Crippen LogP contribution in [0.3, 0.4) is 0 Å². The molecule has 2 heterocycles. The van der Waals surface area contributed by atoms with Crippen molar-refractivity contribution in [1.82, 2.24) is 0 Å². The van der Waals surface area contributed by atoms with Gasteiger partial charge in [-0.3, -0.25) is 4.79 Å². The van der Waals surface area contributed by atoms with Gasteiger partial charge >= 0.3 is 11.6 Å². The van der Waals surface area contributed by atoms with Gasteiger partial charge < -0.3 is 14.5 Å². The number of nitrogens with one attached hydrogen (secondary N) is 1. The van der Waals surface area contributed by atoms with Gasteiger partial charge in [-0.05, 0) is 36.1 Å². The molecular weight excluding hydrogens is 390 g/mol. The molecule has 7 heteroatoms. The molecule has 4 aromatic rings. The number of carbonyl (C=O) groups is 2. The highest BCUT2D eigenvalue weighted by atomic mass is 32.1. The van der Waals surface area contributed by atoms with E-state index in [1.165, 1.54) is 24.3 Å². The first-order valence-corrected chi connectivity index (χ1v) is 9.73. The molecular formula is C22H17NO5S. The second-order valence-electron chi connectivity index (χ2n) is 6.61. The number of fused-ring (bicyclic) bond motifs is 2. The van der Waals surface area contributed by atoms with E-state index in [2.05, 4.69) is 5.32 Å². The summed E-state index contributed by atoms with van der Waals surface area (Å²) in [6, 6.07) is 14.1. The van der Waals surface area contributed by atoms with Crippen LogP contribution in [-0.4, -0.2) is 11.9 Å². The summed E-state index contributed by atoms with van der Waals surface area (Å²) in [5.41, 5.74) is 1.70. The third-order valence-electron chi connectivity index (χ3n) is 4.54. The minimum Gasteiger partial charge on any atom is -0.457 e. The lowest BCUT2D eigenvalue weighted by atomic mass is 10.1. The van der Waals surface area contributed by atoms with Gasteiger partial charge in [0.1, 0.15) is 17.1 Å². The molecule has 2 aromatic heterocycles. The predicted octanol–water partition coefficient (Wildman–Crippen LogP) is 4.63. The molecule has 0 bridgehead atoms. The van der Waals surface area contributed by atoms with E-state index in [0.717, 1.165) is 15.6 Å². The Morgan fingerprint density at radius 2 is 1.90 bits per heavy atom. The summed E-state index contributed by atoms with van der Waals surface area (Å²) in [5.74, 6) is -0.657. The highest BCUT2D eigenvalue weighted by molar-refractivity contribution is 7.21. The SMILES string of the molecule is CC(=O)Nc1ccc2c(COC(=O)c3sc4ccccc4c3C)cc(=O)oc2c1. The number of aryl methyl sites for hydroxylation is 1. The van der Waals surface area contributed by atoms with Crippen LogP contribution in [0.5, 0.6) is 0 Å². The lowest BCUT2D eigenvalue weighted by molar-refractivity contribution is -0.114. The van der Waals surface area contributed by atoms with Gasteiger partial charge in [0.15, 0.2) is 0 Å². The van der Waals surface area contributed by atoms with Crippen LogP contribution in [0, 0.1) is 6.92 Å². The molecule has 1 amide bonds. The molecule has 0 spiro atoms. The van der Waals surface area contributed by atoms with Gasteiger partial charge in [-0.2, -0.15) is 0 Å². The van der Waals surface area contributed by atoms with Gasteiger partial charge in [-0.25, -0.2) is 9.59 Å². The van der Waals surface area contributed by atoms with Crippen molar-refractivity contribution in [3.8, 4) is 0 Å². The Morgan fingerprint density at radius 1 is 1.10 bits per heavy atom. The average Bonchev–Trinajstić information content (AvgIpc) is 3.02. The maximum Gasteiger partial charge on any atom is 0.348 e. The first-order valence-electron chi connectivity index (χ1n) is 8.92. The number of anilines is 1. The summed E-state index contributed by atoms with van der Waals surface area (Å²) in [6.45, 7) is 3.23. The highest BCUT2D eigenvalue weighted by Crippen LogP contribution is 2.31. The number of thiophene rings is 1. The van der Waals surface area contributed by atoms with Gasteiger partial charge in [-0.1, -0.05) is 18.2 Å². The number of hydrogen-bond donors (Lipinski definition) is 1. The molecule has 2 aromatic carbocycles. The number of carbonyl (C=O) groups excluding carboxylic acids is 2. The smallest absolute Gasteiger partial charge is 0.348 e. The first kappa shape index (κ1) is 18.9. The third kappa shape index (κ3) is 3.77. The molecule has 0 aliphatic rings. The maximum atomic E-state index is 12.6. The van der Waals surface area contributed by atoms with Crippen LogP contribution in [0.4, 0.5) is 5.69 Å². The Kier molecular flexibility index (Phi) is 4.90. The summed E-state index contributed by atoms with van der Waals surface area (Å²) in [6.07, 6.45) is 0. The van der Waals surface area contributed by atoms with E-state index in [1.807, 2.05) is 31.2 Å². The molecule has 0 radical (unpaired) electrons. The zero-order valence-corrected chi connectivity index (χ0v) is 16.6. The fraction of sp³-hybridized carbons (Fsp3) is 0.136. The standard InChI is InChI=1S/C22H17NO5S/c1-12-16-5-3-4-6-19(16)29-21(12)22(26)27-11-14-9-20(25)28-18-10-15(23-13(2)24)7-8-17(14)18/h3-10H,11H2,1-2H3,(H,23,24). The van der Waals surface area contributed by atoms with Crippen LogP contribution in [0.2, 0.25) is 0 Å². The number of esters is 1. The molecule has 0 saturated heterocycles. The van der Waals surface area contributed by atoms with E-state index in [1.54, 1.807) is 18.2 Å². The van der Waals surface area contributed by atoms with E-state index in [4.69, 9.17) is 9.15 Å². The molecule has 0 aliphatic heterocycles. The van der Waals surface area contributed by atoms with E-state index in [9.17, 15) is 14.4 Å². The predicted molar refractivity (Wildman–Crippen MR) is 112 cm³/mol. The van der Waals surface area contributed by atoms with E-state index >= 15 is 0 Å². The monoisotopic (exact) mass is 407 g/mol. The highest BCUT2D eigenvalue weighted by Gasteiger charge is 2.17. The Morgan fingerprint density at radius 3 is 2.66 bits per heavy atom. The topological polar surface area (TPSA) is 85.6 Å². The quantitative estimate of drug-likeness (QED) is 0.394. The molecule has 0 saturated carbocycles. The van der Waals surface area contributed by atoms with Crippen molar-refractivity contribution >= 4 is 50.0 Å². The Balaban J connectivity index is 1.61. The van der Waals surface area contributed by atoms with Gasteiger partial charge in [-0.15, -0.1) is 11.3 Å². The molecule has 0 aliphatic carbocycles. The normalized spacial score (nSPS) is 11.0.